The number of ether oxygens (including phenoxy) is 1. The highest BCUT2D eigenvalue weighted by molar-refractivity contribution is 5.93. The van der Waals surface area contributed by atoms with Crippen molar-refractivity contribution in [2.75, 3.05) is 44.6 Å². The molecular formula is C25H41N5O2. The fourth-order valence-corrected chi connectivity index (χ4v) is 3.79. The van der Waals surface area contributed by atoms with Crippen LogP contribution in [0.25, 0.3) is 0 Å². The summed E-state index contributed by atoms with van der Waals surface area (Å²) in [5.41, 5.74) is 0.958. The zero-order valence-corrected chi connectivity index (χ0v) is 20.0. The first-order chi connectivity index (χ1) is 15.5. The third kappa shape index (κ3) is 9.07. The number of nitrogens with zero attached hydrogens (tertiary/aromatic N) is 2. The van der Waals surface area contributed by atoms with E-state index in [1.165, 1.54) is 25.9 Å². The number of piperidine rings is 1. The van der Waals surface area contributed by atoms with Gasteiger partial charge in [0.25, 0.3) is 0 Å². The van der Waals surface area contributed by atoms with Crippen LogP contribution in [0.15, 0.2) is 29.3 Å². The number of hydrogen-bond acceptors (Lipinski definition) is 4. The van der Waals surface area contributed by atoms with E-state index in [1.807, 2.05) is 38.1 Å². The number of anilines is 1. The largest absolute Gasteiger partial charge is 0.491 e. The van der Waals surface area contributed by atoms with Crippen molar-refractivity contribution < 1.29 is 9.53 Å². The van der Waals surface area contributed by atoms with E-state index in [9.17, 15) is 4.79 Å². The van der Waals surface area contributed by atoms with Crippen molar-refractivity contribution in [2.24, 2.45) is 16.8 Å². The average molecular weight is 444 g/mol. The van der Waals surface area contributed by atoms with E-state index < -0.39 is 0 Å². The van der Waals surface area contributed by atoms with Gasteiger partial charge in [0, 0.05) is 31.2 Å². The molecule has 0 atom stereocenters. The number of aliphatic imine (C=N–C) groups is 1. The van der Waals surface area contributed by atoms with Crippen molar-refractivity contribution in [3.05, 3.63) is 24.3 Å². The van der Waals surface area contributed by atoms with Crippen LogP contribution in [0.4, 0.5) is 5.69 Å². The molecule has 1 amide bonds. The molecule has 1 aliphatic carbocycles. The van der Waals surface area contributed by atoms with Gasteiger partial charge in [0.15, 0.2) is 5.96 Å². The van der Waals surface area contributed by atoms with Crippen LogP contribution in [0.1, 0.15) is 52.9 Å². The molecular weight excluding hydrogens is 402 g/mol. The molecule has 3 rings (SSSR count). The van der Waals surface area contributed by atoms with Gasteiger partial charge >= 0.3 is 0 Å². The van der Waals surface area contributed by atoms with Crippen LogP contribution < -0.4 is 20.7 Å². The van der Waals surface area contributed by atoms with E-state index in [2.05, 4.69) is 27.8 Å². The first-order valence-corrected chi connectivity index (χ1v) is 12.3. The molecule has 1 aromatic carbocycles. The number of guanidine groups is 1. The molecule has 1 aliphatic heterocycles. The Morgan fingerprint density at radius 1 is 1.09 bits per heavy atom. The molecule has 32 heavy (non-hydrogen) atoms. The van der Waals surface area contributed by atoms with Crippen LogP contribution in [0, 0.1) is 11.8 Å². The van der Waals surface area contributed by atoms with Gasteiger partial charge in [-0.3, -0.25) is 9.79 Å². The quantitative estimate of drug-likeness (QED) is 0.277. The fourth-order valence-electron chi connectivity index (χ4n) is 3.79. The summed E-state index contributed by atoms with van der Waals surface area (Å²) < 4.78 is 5.73. The summed E-state index contributed by atoms with van der Waals surface area (Å²) in [5, 5.41) is 9.73. The Bertz CT molecular complexity index is 722. The monoisotopic (exact) mass is 443 g/mol. The lowest BCUT2D eigenvalue weighted by molar-refractivity contribution is -0.122. The van der Waals surface area contributed by atoms with Crippen molar-refractivity contribution in [2.45, 2.75) is 59.0 Å². The van der Waals surface area contributed by atoms with Gasteiger partial charge in [-0.15, -0.1) is 0 Å². The molecule has 7 heteroatoms. The number of carbonyl (C=O) groups is 1. The van der Waals surface area contributed by atoms with Gasteiger partial charge in [0.05, 0.1) is 6.10 Å². The maximum Gasteiger partial charge on any atom is 0.223 e. The van der Waals surface area contributed by atoms with Crippen LogP contribution in [0.2, 0.25) is 0 Å². The summed E-state index contributed by atoms with van der Waals surface area (Å²) in [5.74, 6) is 2.88. The first-order valence-electron chi connectivity index (χ1n) is 12.3. The highest BCUT2D eigenvalue weighted by atomic mass is 16.5. The molecule has 0 unspecified atom stereocenters. The minimum atomic E-state index is 0.154. The highest BCUT2D eigenvalue weighted by Crippen LogP contribution is 2.28. The minimum absolute atomic E-state index is 0.154. The summed E-state index contributed by atoms with van der Waals surface area (Å²) in [6.07, 6.45) is 5.86. The van der Waals surface area contributed by atoms with Gasteiger partial charge in [0.2, 0.25) is 5.91 Å². The second kappa shape index (κ2) is 12.7. The van der Waals surface area contributed by atoms with Gasteiger partial charge < -0.3 is 25.6 Å². The van der Waals surface area contributed by atoms with E-state index in [0.717, 1.165) is 55.7 Å². The van der Waals surface area contributed by atoms with Crippen LogP contribution in [-0.2, 0) is 4.79 Å². The maximum atomic E-state index is 11.8. The molecule has 7 nitrogen and oxygen atoms in total. The number of benzene rings is 1. The third-order valence-corrected chi connectivity index (χ3v) is 5.93. The molecule has 1 aromatic rings. The number of amides is 1. The second-order valence-corrected chi connectivity index (χ2v) is 9.42. The van der Waals surface area contributed by atoms with Crippen molar-refractivity contribution >= 4 is 17.6 Å². The predicted octanol–water partition coefficient (Wildman–Crippen LogP) is 3.48. The van der Waals surface area contributed by atoms with E-state index >= 15 is 0 Å². The van der Waals surface area contributed by atoms with E-state index in [0.29, 0.717) is 13.1 Å². The summed E-state index contributed by atoms with van der Waals surface area (Å²) >= 11 is 0. The van der Waals surface area contributed by atoms with Crippen LogP contribution in [-0.4, -0.2) is 62.1 Å². The number of likely N-dealkylation sites (tertiary alicyclic amines) is 1. The highest BCUT2D eigenvalue weighted by Gasteiger charge is 2.28. The van der Waals surface area contributed by atoms with Gasteiger partial charge in [-0.2, -0.15) is 0 Å². The summed E-state index contributed by atoms with van der Waals surface area (Å²) in [6, 6.07) is 7.93. The molecule has 0 radical (unpaired) electrons. The SMILES string of the molecule is CC1CCN(CCCN=C(NCCNC(=O)C2CC2)Nc2ccc(OC(C)C)cc2)CC1. The average Bonchev–Trinajstić information content (AvgIpc) is 3.61. The molecule has 0 bridgehead atoms. The van der Waals surface area contributed by atoms with E-state index in [-0.39, 0.29) is 17.9 Å². The molecule has 0 spiro atoms. The smallest absolute Gasteiger partial charge is 0.223 e. The number of carbonyl (C=O) groups excluding carboxylic acids is 1. The Kier molecular flexibility index (Phi) is 9.65. The van der Waals surface area contributed by atoms with Crippen LogP contribution in [0.3, 0.4) is 0 Å². The minimum Gasteiger partial charge on any atom is -0.491 e. The normalized spacial score (nSPS) is 17.9. The fraction of sp³-hybridized carbons (Fsp3) is 0.680. The first kappa shape index (κ1) is 24.4. The van der Waals surface area contributed by atoms with E-state index in [1.54, 1.807) is 0 Å². The maximum absolute atomic E-state index is 11.8. The molecule has 178 valence electrons. The number of nitrogens with one attached hydrogen (secondary N) is 3. The van der Waals surface area contributed by atoms with Crippen molar-refractivity contribution in [1.29, 1.82) is 0 Å². The van der Waals surface area contributed by atoms with Crippen molar-refractivity contribution in [1.82, 2.24) is 15.5 Å². The van der Waals surface area contributed by atoms with Crippen LogP contribution in [0.5, 0.6) is 5.75 Å². The topological polar surface area (TPSA) is 78.0 Å². The molecule has 3 N–H and O–H groups in total. The third-order valence-electron chi connectivity index (χ3n) is 5.93. The summed E-state index contributed by atoms with van der Waals surface area (Å²) in [7, 11) is 0. The van der Waals surface area contributed by atoms with Crippen molar-refractivity contribution in [3.63, 3.8) is 0 Å². The Balaban J connectivity index is 1.47. The van der Waals surface area contributed by atoms with Gasteiger partial charge in [-0.25, -0.2) is 0 Å². The Morgan fingerprint density at radius 2 is 1.78 bits per heavy atom. The Morgan fingerprint density at radius 3 is 2.44 bits per heavy atom. The zero-order chi connectivity index (χ0) is 22.8. The van der Waals surface area contributed by atoms with E-state index in [4.69, 9.17) is 9.73 Å². The molecule has 2 fully saturated rings. The Labute approximate surface area is 193 Å². The lowest BCUT2D eigenvalue weighted by Gasteiger charge is -2.29. The second-order valence-electron chi connectivity index (χ2n) is 9.42. The van der Waals surface area contributed by atoms with Gasteiger partial charge in [-0.1, -0.05) is 6.92 Å². The Hall–Kier alpha value is -2.28. The lowest BCUT2D eigenvalue weighted by atomic mass is 9.99. The molecule has 2 aliphatic rings. The molecule has 0 aromatic heterocycles. The lowest BCUT2D eigenvalue weighted by Crippen LogP contribution is -2.38. The summed E-state index contributed by atoms with van der Waals surface area (Å²) in [6.45, 7) is 11.9. The predicted molar refractivity (Wildman–Crippen MR) is 131 cm³/mol. The van der Waals surface area contributed by atoms with Gasteiger partial charge in [0.1, 0.15) is 5.75 Å². The molecule has 1 saturated heterocycles. The van der Waals surface area contributed by atoms with Crippen molar-refractivity contribution in [3.8, 4) is 5.75 Å². The molecule has 1 heterocycles. The van der Waals surface area contributed by atoms with Gasteiger partial charge in [-0.05, 0) is 95.8 Å². The summed E-state index contributed by atoms with van der Waals surface area (Å²) in [4.78, 5) is 19.2. The number of rotatable bonds is 11. The molecule has 1 saturated carbocycles. The number of hydrogen-bond donors (Lipinski definition) is 3. The van der Waals surface area contributed by atoms with Crippen LogP contribution >= 0.6 is 0 Å². The zero-order valence-electron chi connectivity index (χ0n) is 20.0. The standard InChI is InChI=1S/C25H41N5O2/c1-19(2)32-23-9-7-22(8-10-23)29-25(28-15-14-26-24(31)21-5-6-21)27-13-4-16-30-17-11-20(3)12-18-30/h7-10,19-21H,4-6,11-18H2,1-3H3,(H,26,31)(H2,27,28,29).